The van der Waals surface area contributed by atoms with E-state index in [2.05, 4.69) is 20.6 Å². The van der Waals surface area contributed by atoms with Crippen LogP contribution in [0.15, 0.2) is 6.20 Å². The molecule has 1 aromatic rings. The van der Waals surface area contributed by atoms with Crippen molar-refractivity contribution in [2.75, 3.05) is 24.2 Å². The van der Waals surface area contributed by atoms with E-state index in [4.69, 9.17) is 5.73 Å². The first-order valence-electron chi connectivity index (χ1n) is 5.67. The largest absolute Gasteiger partial charge is 0.370 e. The zero-order valence-corrected chi connectivity index (χ0v) is 10.3. The molecule has 0 fully saturated rings. The molecule has 6 nitrogen and oxygen atoms in total. The molecule has 0 unspecified atom stereocenters. The molecule has 0 atom stereocenters. The Morgan fingerprint density at radius 3 is 2.88 bits per heavy atom. The van der Waals surface area contributed by atoms with Gasteiger partial charge in [-0.15, -0.1) is 0 Å². The summed E-state index contributed by atoms with van der Waals surface area (Å²) in [6.45, 7) is 2.72. The number of nitrogens with two attached hydrogens (primary N) is 1. The number of primary amides is 1. The predicted octanol–water partition coefficient (Wildman–Crippen LogP) is 0.894. The van der Waals surface area contributed by atoms with Gasteiger partial charge in [-0.1, -0.05) is 0 Å². The number of carbonyl (C=O) groups excluding carboxylic acids is 1. The van der Waals surface area contributed by atoms with Crippen molar-refractivity contribution < 1.29 is 4.79 Å². The van der Waals surface area contributed by atoms with Gasteiger partial charge in [0.25, 0.3) is 0 Å². The molecule has 6 heteroatoms. The standard InChI is InChI=1S/C11H19N5O/c1-8-7-15-11(13-2)16-10(8)14-6-4-3-5-9(12)17/h7H,3-6H2,1-2H3,(H2,12,17)(H2,13,14,15,16). The van der Waals surface area contributed by atoms with Crippen LogP contribution in [0.4, 0.5) is 11.8 Å². The van der Waals surface area contributed by atoms with Crippen molar-refractivity contribution in [3.63, 3.8) is 0 Å². The Morgan fingerprint density at radius 2 is 2.24 bits per heavy atom. The number of rotatable bonds is 7. The van der Waals surface area contributed by atoms with Crippen molar-refractivity contribution in [3.05, 3.63) is 11.8 Å². The zero-order chi connectivity index (χ0) is 12.7. The molecular formula is C11H19N5O. The summed E-state index contributed by atoms with van der Waals surface area (Å²) in [5.41, 5.74) is 6.06. The minimum atomic E-state index is -0.249. The molecule has 0 bridgehead atoms. The molecular weight excluding hydrogens is 218 g/mol. The average Bonchev–Trinajstić information content (AvgIpc) is 2.30. The smallest absolute Gasteiger partial charge is 0.224 e. The molecule has 4 N–H and O–H groups in total. The number of amides is 1. The van der Waals surface area contributed by atoms with Crippen LogP contribution in [0.2, 0.25) is 0 Å². The van der Waals surface area contributed by atoms with E-state index in [1.807, 2.05) is 6.92 Å². The van der Waals surface area contributed by atoms with E-state index in [0.717, 1.165) is 30.8 Å². The fourth-order valence-corrected chi connectivity index (χ4v) is 1.37. The number of anilines is 2. The minimum Gasteiger partial charge on any atom is -0.370 e. The van der Waals surface area contributed by atoms with Gasteiger partial charge in [-0.25, -0.2) is 4.98 Å². The normalized spacial score (nSPS) is 10.0. The lowest BCUT2D eigenvalue weighted by atomic mass is 10.2. The molecule has 1 rings (SSSR count). The fraction of sp³-hybridized carbons (Fsp3) is 0.545. The van der Waals surface area contributed by atoms with E-state index in [1.165, 1.54) is 0 Å². The summed E-state index contributed by atoms with van der Waals surface area (Å²) in [5, 5.41) is 6.11. The van der Waals surface area contributed by atoms with Crippen molar-refractivity contribution in [1.82, 2.24) is 9.97 Å². The van der Waals surface area contributed by atoms with Crippen molar-refractivity contribution >= 4 is 17.7 Å². The first kappa shape index (κ1) is 13.2. The number of nitrogens with one attached hydrogen (secondary N) is 2. The number of nitrogens with zero attached hydrogens (tertiary/aromatic N) is 2. The molecule has 0 aliphatic rings. The molecule has 0 saturated carbocycles. The average molecular weight is 237 g/mol. The summed E-state index contributed by atoms with van der Waals surface area (Å²) >= 11 is 0. The SMILES string of the molecule is CNc1ncc(C)c(NCCCCC(N)=O)n1. The van der Waals surface area contributed by atoms with Crippen LogP contribution in [0.3, 0.4) is 0 Å². The Balaban J connectivity index is 2.38. The van der Waals surface area contributed by atoms with Crippen molar-refractivity contribution in [3.8, 4) is 0 Å². The van der Waals surface area contributed by atoms with E-state index in [-0.39, 0.29) is 5.91 Å². The van der Waals surface area contributed by atoms with Crippen LogP contribution in [-0.4, -0.2) is 29.5 Å². The summed E-state index contributed by atoms with van der Waals surface area (Å²) in [7, 11) is 1.78. The van der Waals surface area contributed by atoms with E-state index in [1.54, 1.807) is 13.2 Å². The number of aromatic nitrogens is 2. The second-order valence-electron chi connectivity index (χ2n) is 3.83. The zero-order valence-electron chi connectivity index (χ0n) is 10.3. The highest BCUT2D eigenvalue weighted by molar-refractivity contribution is 5.73. The third kappa shape index (κ3) is 4.67. The van der Waals surface area contributed by atoms with E-state index >= 15 is 0 Å². The lowest BCUT2D eigenvalue weighted by Crippen LogP contribution is -2.11. The van der Waals surface area contributed by atoms with Gasteiger partial charge in [0.05, 0.1) is 0 Å². The van der Waals surface area contributed by atoms with Gasteiger partial charge in [-0.05, 0) is 19.8 Å². The monoisotopic (exact) mass is 237 g/mol. The number of aryl methyl sites for hydroxylation is 1. The Bertz CT molecular complexity index is 380. The third-order valence-corrected chi connectivity index (χ3v) is 2.34. The minimum absolute atomic E-state index is 0.249. The maximum absolute atomic E-state index is 10.5. The first-order chi connectivity index (χ1) is 8.13. The number of hydrogen-bond donors (Lipinski definition) is 3. The molecule has 0 saturated heterocycles. The van der Waals surface area contributed by atoms with Gasteiger partial charge in [0.1, 0.15) is 5.82 Å². The van der Waals surface area contributed by atoms with Gasteiger partial charge in [0, 0.05) is 31.8 Å². The van der Waals surface area contributed by atoms with E-state index in [0.29, 0.717) is 12.4 Å². The summed E-state index contributed by atoms with van der Waals surface area (Å²) in [6, 6.07) is 0. The van der Waals surface area contributed by atoms with Crippen LogP contribution in [0, 0.1) is 6.92 Å². The van der Waals surface area contributed by atoms with Crippen molar-refractivity contribution in [2.45, 2.75) is 26.2 Å². The van der Waals surface area contributed by atoms with Crippen LogP contribution >= 0.6 is 0 Å². The second kappa shape index (κ2) is 6.67. The van der Waals surface area contributed by atoms with Gasteiger partial charge in [-0.2, -0.15) is 4.98 Å². The van der Waals surface area contributed by atoms with Crippen molar-refractivity contribution in [2.24, 2.45) is 5.73 Å². The highest BCUT2D eigenvalue weighted by Gasteiger charge is 2.02. The second-order valence-corrected chi connectivity index (χ2v) is 3.83. The molecule has 0 spiro atoms. The maximum atomic E-state index is 10.5. The topological polar surface area (TPSA) is 92.9 Å². The number of unbranched alkanes of at least 4 members (excludes halogenated alkanes) is 1. The number of carbonyl (C=O) groups is 1. The summed E-state index contributed by atoms with van der Waals surface area (Å²) in [6.07, 6.45) is 3.89. The van der Waals surface area contributed by atoms with Gasteiger partial charge in [0.2, 0.25) is 11.9 Å². The van der Waals surface area contributed by atoms with Gasteiger partial charge in [-0.3, -0.25) is 4.79 Å². The number of hydrogen-bond acceptors (Lipinski definition) is 5. The highest BCUT2D eigenvalue weighted by Crippen LogP contribution is 2.12. The third-order valence-electron chi connectivity index (χ3n) is 2.34. The molecule has 0 aliphatic heterocycles. The first-order valence-corrected chi connectivity index (χ1v) is 5.67. The molecule has 0 radical (unpaired) electrons. The highest BCUT2D eigenvalue weighted by atomic mass is 16.1. The summed E-state index contributed by atoms with van der Waals surface area (Å²) < 4.78 is 0. The lowest BCUT2D eigenvalue weighted by molar-refractivity contribution is -0.118. The Morgan fingerprint density at radius 1 is 1.47 bits per heavy atom. The quantitative estimate of drug-likeness (QED) is 0.612. The fourth-order valence-electron chi connectivity index (χ4n) is 1.37. The molecule has 94 valence electrons. The Hall–Kier alpha value is -1.85. The maximum Gasteiger partial charge on any atom is 0.224 e. The van der Waals surface area contributed by atoms with Crippen LogP contribution in [0.1, 0.15) is 24.8 Å². The van der Waals surface area contributed by atoms with Crippen LogP contribution in [0.25, 0.3) is 0 Å². The Kier molecular flexibility index (Phi) is 5.19. The summed E-state index contributed by atoms with van der Waals surface area (Å²) in [5.74, 6) is 1.17. The van der Waals surface area contributed by atoms with Crippen molar-refractivity contribution in [1.29, 1.82) is 0 Å². The summed E-state index contributed by atoms with van der Waals surface area (Å²) in [4.78, 5) is 18.9. The molecule has 0 aliphatic carbocycles. The Labute approximate surface area is 101 Å². The molecule has 1 amide bonds. The van der Waals surface area contributed by atoms with E-state index in [9.17, 15) is 4.79 Å². The van der Waals surface area contributed by atoms with Gasteiger partial charge in [0.15, 0.2) is 0 Å². The van der Waals surface area contributed by atoms with E-state index < -0.39 is 0 Å². The molecule has 1 heterocycles. The van der Waals surface area contributed by atoms with Gasteiger partial charge >= 0.3 is 0 Å². The van der Waals surface area contributed by atoms with Gasteiger partial charge < -0.3 is 16.4 Å². The van der Waals surface area contributed by atoms with Crippen LogP contribution in [-0.2, 0) is 4.79 Å². The molecule has 17 heavy (non-hydrogen) atoms. The molecule has 1 aromatic heterocycles. The predicted molar refractivity (Wildman–Crippen MR) is 67.9 cm³/mol. The molecule has 0 aromatic carbocycles. The van der Waals surface area contributed by atoms with Crippen LogP contribution in [0.5, 0.6) is 0 Å². The van der Waals surface area contributed by atoms with Crippen LogP contribution < -0.4 is 16.4 Å². The lowest BCUT2D eigenvalue weighted by Gasteiger charge is -2.09.